The molecule has 0 aromatic heterocycles. The molecule has 4 heteroatoms. The number of nitrogens with one attached hydrogen (secondary N) is 1. The highest BCUT2D eigenvalue weighted by molar-refractivity contribution is 5.94. The maximum absolute atomic E-state index is 11.9. The third kappa shape index (κ3) is 5.05. The van der Waals surface area contributed by atoms with Gasteiger partial charge in [0.1, 0.15) is 12.4 Å². The molecular formula is C22H20N2O2. The summed E-state index contributed by atoms with van der Waals surface area (Å²) >= 11 is 0. The summed E-state index contributed by atoms with van der Waals surface area (Å²) in [7, 11) is 0. The minimum Gasteiger partial charge on any atom is -0.489 e. The molecule has 130 valence electrons. The van der Waals surface area contributed by atoms with Crippen molar-refractivity contribution in [2.75, 3.05) is 0 Å². The van der Waals surface area contributed by atoms with Crippen molar-refractivity contribution >= 4 is 12.1 Å². The summed E-state index contributed by atoms with van der Waals surface area (Å²) in [6, 6.07) is 24.8. The van der Waals surface area contributed by atoms with E-state index >= 15 is 0 Å². The number of nitrogens with zero attached hydrogens (tertiary/aromatic N) is 1. The number of carbonyl (C=O) groups is 1. The Bertz CT molecular complexity index is 888. The van der Waals surface area contributed by atoms with Crippen LogP contribution in [0.3, 0.4) is 0 Å². The van der Waals surface area contributed by atoms with E-state index in [1.54, 1.807) is 18.3 Å². The molecule has 0 aliphatic heterocycles. The average Bonchev–Trinajstić information content (AvgIpc) is 2.68. The van der Waals surface area contributed by atoms with Crippen LogP contribution in [0.5, 0.6) is 5.75 Å². The first-order valence-electron chi connectivity index (χ1n) is 8.37. The number of hydrogen-bond donors (Lipinski definition) is 1. The molecular weight excluding hydrogens is 324 g/mol. The molecule has 1 amide bonds. The Labute approximate surface area is 153 Å². The minimum absolute atomic E-state index is 0.242. The molecule has 0 aliphatic carbocycles. The molecule has 3 aromatic rings. The molecule has 1 N–H and O–H groups in total. The summed E-state index contributed by atoms with van der Waals surface area (Å²) in [6.07, 6.45) is 1.60. The molecule has 0 saturated heterocycles. The molecule has 0 unspecified atom stereocenters. The summed E-state index contributed by atoms with van der Waals surface area (Å²) in [5.41, 5.74) is 6.28. The molecule has 26 heavy (non-hydrogen) atoms. The van der Waals surface area contributed by atoms with Gasteiger partial charge in [-0.1, -0.05) is 60.2 Å². The molecule has 0 saturated carbocycles. The van der Waals surface area contributed by atoms with Crippen molar-refractivity contribution in [3.8, 4) is 5.75 Å². The topological polar surface area (TPSA) is 50.7 Å². The van der Waals surface area contributed by atoms with Crippen LogP contribution in [0.15, 0.2) is 84.0 Å². The molecule has 0 bridgehead atoms. The van der Waals surface area contributed by atoms with Gasteiger partial charge in [-0.15, -0.1) is 0 Å². The highest BCUT2D eigenvalue weighted by Gasteiger charge is 2.02. The summed E-state index contributed by atoms with van der Waals surface area (Å²) in [5.74, 6) is 0.512. The molecule has 0 fully saturated rings. The molecule has 3 aromatic carbocycles. The van der Waals surface area contributed by atoms with Gasteiger partial charge in [0.15, 0.2) is 0 Å². The fraction of sp³-hybridized carbons (Fsp3) is 0.0909. The van der Waals surface area contributed by atoms with Gasteiger partial charge in [0.25, 0.3) is 5.91 Å². The number of benzene rings is 3. The van der Waals surface area contributed by atoms with Crippen LogP contribution in [-0.4, -0.2) is 12.1 Å². The van der Waals surface area contributed by atoms with Crippen LogP contribution in [0.1, 0.15) is 27.0 Å². The van der Waals surface area contributed by atoms with Crippen molar-refractivity contribution in [2.45, 2.75) is 13.5 Å². The van der Waals surface area contributed by atoms with Crippen molar-refractivity contribution < 1.29 is 9.53 Å². The van der Waals surface area contributed by atoms with Gasteiger partial charge < -0.3 is 4.74 Å². The number of hydrazone groups is 1. The second-order valence-corrected chi connectivity index (χ2v) is 5.91. The molecule has 4 nitrogen and oxygen atoms in total. The normalized spacial score (nSPS) is 10.7. The Hall–Kier alpha value is -3.40. The first-order chi connectivity index (χ1) is 12.7. The lowest BCUT2D eigenvalue weighted by molar-refractivity contribution is 0.0955. The molecule has 0 atom stereocenters. The van der Waals surface area contributed by atoms with Gasteiger partial charge in [-0.05, 0) is 42.3 Å². The summed E-state index contributed by atoms with van der Waals surface area (Å²) < 4.78 is 5.82. The lowest BCUT2D eigenvalue weighted by Gasteiger charge is -2.07. The Morgan fingerprint density at radius 1 is 1.00 bits per heavy atom. The van der Waals surface area contributed by atoms with Gasteiger partial charge in [-0.2, -0.15) is 5.10 Å². The second kappa shape index (κ2) is 8.62. The van der Waals surface area contributed by atoms with E-state index in [0.717, 1.165) is 16.9 Å². The number of carbonyl (C=O) groups excluding carboxylic acids is 1. The Kier molecular flexibility index (Phi) is 5.78. The van der Waals surface area contributed by atoms with E-state index in [-0.39, 0.29) is 5.91 Å². The Morgan fingerprint density at radius 3 is 2.54 bits per heavy atom. The van der Waals surface area contributed by atoms with E-state index in [1.165, 1.54) is 5.56 Å². The molecule has 0 aliphatic rings. The number of hydrogen-bond acceptors (Lipinski definition) is 3. The first-order valence-corrected chi connectivity index (χ1v) is 8.37. The fourth-order valence-electron chi connectivity index (χ4n) is 2.36. The average molecular weight is 344 g/mol. The third-order valence-corrected chi connectivity index (χ3v) is 3.80. The second-order valence-electron chi connectivity index (χ2n) is 5.91. The van der Waals surface area contributed by atoms with E-state index in [2.05, 4.69) is 41.7 Å². The first kappa shape index (κ1) is 17.4. The smallest absolute Gasteiger partial charge is 0.271 e. The van der Waals surface area contributed by atoms with Crippen molar-refractivity contribution in [3.05, 3.63) is 101 Å². The van der Waals surface area contributed by atoms with Crippen molar-refractivity contribution in [3.63, 3.8) is 0 Å². The largest absolute Gasteiger partial charge is 0.489 e. The van der Waals surface area contributed by atoms with E-state index in [1.807, 2.05) is 42.5 Å². The van der Waals surface area contributed by atoms with Gasteiger partial charge in [-0.3, -0.25) is 4.79 Å². The van der Waals surface area contributed by atoms with E-state index in [9.17, 15) is 4.79 Å². The van der Waals surface area contributed by atoms with Crippen LogP contribution in [0, 0.1) is 6.92 Å². The van der Waals surface area contributed by atoms with Crippen LogP contribution in [0.2, 0.25) is 0 Å². The van der Waals surface area contributed by atoms with Crippen molar-refractivity contribution in [2.24, 2.45) is 5.10 Å². The van der Waals surface area contributed by atoms with Gasteiger partial charge in [0.05, 0.1) is 6.21 Å². The zero-order valence-electron chi connectivity index (χ0n) is 14.6. The van der Waals surface area contributed by atoms with Gasteiger partial charge in [0, 0.05) is 5.56 Å². The molecule has 0 heterocycles. The van der Waals surface area contributed by atoms with Crippen LogP contribution in [0.25, 0.3) is 0 Å². The lowest BCUT2D eigenvalue weighted by Crippen LogP contribution is -2.17. The van der Waals surface area contributed by atoms with Crippen LogP contribution < -0.4 is 10.2 Å². The minimum atomic E-state index is -0.242. The number of ether oxygens (including phenoxy) is 1. The zero-order chi connectivity index (χ0) is 18.2. The van der Waals surface area contributed by atoms with Crippen molar-refractivity contribution in [1.29, 1.82) is 0 Å². The van der Waals surface area contributed by atoms with Crippen LogP contribution in [-0.2, 0) is 6.61 Å². The quantitative estimate of drug-likeness (QED) is 0.534. The van der Waals surface area contributed by atoms with E-state index in [0.29, 0.717) is 12.2 Å². The number of rotatable bonds is 6. The maximum atomic E-state index is 11.9. The van der Waals surface area contributed by atoms with Crippen LogP contribution >= 0.6 is 0 Å². The Balaban J connectivity index is 1.56. The summed E-state index contributed by atoms with van der Waals surface area (Å²) in [4.78, 5) is 11.9. The monoisotopic (exact) mass is 344 g/mol. The van der Waals surface area contributed by atoms with Gasteiger partial charge >= 0.3 is 0 Å². The SMILES string of the molecule is Cc1ccc(COc2cccc(/C=N/NC(=O)c3ccccc3)c2)cc1. The number of amides is 1. The fourth-order valence-corrected chi connectivity index (χ4v) is 2.36. The molecule has 3 rings (SSSR count). The molecule has 0 spiro atoms. The van der Waals surface area contributed by atoms with E-state index in [4.69, 9.17) is 4.74 Å². The van der Waals surface area contributed by atoms with Crippen molar-refractivity contribution in [1.82, 2.24) is 5.43 Å². The third-order valence-electron chi connectivity index (χ3n) is 3.80. The summed E-state index contributed by atoms with van der Waals surface area (Å²) in [6.45, 7) is 2.57. The number of aryl methyl sites for hydroxylation is 1. The lowest BCUT2D eigenvalue weighted by atomic mass is 10.2. The standard InChI is InChI=1S/C22H20N2O2/c1-17-10-12-18(13-11-17)16-26-21-9-5-6-19(14-21)15-23-24-22(25)20-7-3-2-4-8-20/h2-15H,16H2,1H3,(H,24,25)/b23-15+. The Morgan fingerprint density at radius 2 is 1.77 bits per heavy atom. The van der Waals surface area contributed by atoms with E-state index < -0.39 is 0 Å². The summed E-state index contributed by atoms with van der Waals surface area (Å²) in [5, 5.41) is 4.01. The maximum Gasteiger partial charge on any atom is 0.271 e. The molecule has 0 radical (unpaired) electrons. The highest BCUT2D eigenvalue weighted by atomic mass is 16.5. The predicted octanol–water partition coefficient (Wildman–Crippen LogP) is 4.34. The highest BCUT2D eigenvalue weighted by Crippen LogP contribution is 2.14. The van der Waals surface area contributed by atoms with Gasteiger partial charge in [-0.25, -0.2) is 5.43 Å². The van der Waals surface area contributed by atoms with Crippen LogP contribution in [0.4, 0.5) is 0 Å². The predicted molar refractivity (Wildman–Crippen MR) is 103 cm³/mol. The van der Waals surface area contributed by atoms with Gasteiger partial charge in [0.2, 0.25) is 0 Å². The zero-order valence-corrected chi connectivity index (χ0v) is 14.6.